The van der Waals surface area contributed by atoms with Crippen LogP contribution in [0.4, 0.5) is 10.6 Å². The number of rotatable bonds is 7. The topological polar surface area (TPSA) is 135 Å². The third-order valence-electron chi connectivity index (χ3n) is 3.33. The first kappa shape index (κ1) is 18.3. The van der Waals surface area contributed by atoms with Crippen molar-refractivity contribution in [3.8, 4) is 0 Å². The van der Waals surface area contributed by atoms with Crippen LogP contribution in [-0.4, -0.2) is 38.9 Å². The number of carbonyl (C=O) groups is 1. The van der Waals surface area contributed by atoms with Gasteiger partial charge in [0.1, 0.15) is 25.0 Å². The molecule has 0 fully saturated rings. The number of alkyl carbamates (subject to hydrolysis) is 1. The summed E-state index contributed by atoms with van der Waals surface area (Å²) < 4.78 is 4.98. The molecule has 2 aromatic rings. The van der Waals surface area contributed by atoms with Crippen molar-refractivity contribution in [3.63, 3.8) is 0 Å². The third kappa shape index (κ3) is 5.52. The van der Waals surface area contributed by atoms with Gasteiger partial charge in [0.25, 0.3) is 0 Å². The van der Waals surface area contributed by atoms with Gasteiger partial charge in [0.15, 0.2) is 0 Å². The van der Waals surface area contributed by atoms with Crippen LogP contribution >= 0.6 is 0 Å². The van der Waals surface area contributed by atoms with Crippen LogP contribution in [0.2, 0.25) is 0 Å². The first-order valence-corrected chi connectivity index (χ1v) is 7.38. The second-order valence-corrected chi connectivity index (χ2v) is 5.16. The van der Waals surface area contributed by atoms with E-state index in [0.717, 1.165) is 17.8 Å². The minimum atomic E-state index is -1.36. The molecule has 0 aliphatic heterocycles. The summed E-state index contributed by atoms with van der Waals surface area (Å²) in [7, 11) is 0. The standard InChI is InChI=1S/C16H17N3O6/c20-13(15(21)12-6-7-14(17-8-12)19(23)24)9-18-16(22)25-10-11-4-2-1-3-5-11/h1-8,13,15,20-21H,9-10H2,(H,18,22). The predicted molar refractivity (Wildman–Crippen MR) is 86.5 cm³/mol. The van der Waals surface area contributed by atoms with Crippen LogP contribution in [0.1, 0.15) is 17.2 Å². The van der Waals surface area contributed by atoms with Crippen molar-refractivity contribution in [2.24, 2.45) is 0 Å². The lowest BCUT2D eigenvalue weighted by atomic mass is 10.1. The van der Waals surface area contributed by atoms with Crippen molar-refractivity contribution in [3.05, 3.63) is 69.9 Å². The lowest BCUT2D eigenvalue weighted by Crippen LogP contribution is -2.35. The number of amides is 1. The van der Waals surface area contributed by atoms with Crippen LogP contribution in [0, 0.1) is 10.1 Å². The molecule has 0 saturated heterocycles. The van der Waals surface area contributed by atoms with Gasteiger partial charge in [-0.15, -0.1) is 0 Å². The molecule has 0 spiro atoms. The Hall–Kier alpha value is -3.04. The van der Waals surface area contributed by atoms with Crippen LogP contribution in [-0.2, 0) is 11.3 Å². The van der Waals surface area contributed by atoms with Gasteiger partial charge in [0, 0.05) is 18.2 Å². The van der Waals surface area contributed by atoms with E-state index in [2.05, 4.69) is 10.3 Å². The predicted octanol–water partition coefficient (Wildman–Crippen LogP) is 1.31. The van der Waals surface area contributed by atoms with Gasteiger partial charge in [-0.3, -0.25) is 0 Å². The number of hydrogen-bond donors (Lipinski definition) is 3. The molecule has 1 aromatic heterocycles. The Bertz CT molecular complexity index is 708. The first-order valence-electron chi connectivity index (χ1n) is 7.38. The van der Waals surface area contributed by atoms with E-state index in [0.29, 0.717) is 0 Å². The van der Waals surface area contributed by atoms with Crippen LogP contribution in [0.25, 0.3) is 0 Å². The van der Waals surface area contributed by atoms with Gasteiger partial charge in [0.2, 0.25) is 0 Å². The zero-order valence-electron chi connectivity index (χ0n) is 13.1. The van der Waals surface area contributed by atoms with E-state index >= 15 is 0 Å². The first-order chi connectivity index (χ1) is 12.0. The second-order valence-electron chi connectivity index (χ2n) is 5.16. The lowest BCUT2D eigenvalue weighted by Gasteiger charge is -2.17. The second kappa shape index (κ2) is 8.71. The summed E-state index contributed by atoms with van der Waals surface area (Å²) in [5.74, 6) is -0.368. The number of nitrogens with zero attached hydrogens (tertiary/aromatic N) is 2. The third-order valence-corrected chi connectivity index (χ3v) is 3.33. The SMILES string of the molecule is O=C(NCC(O)C(O)c1ccc([N+](=O)[O-])nc1)OCc1ccccc1. The molecule has 0 aliphatic rings. The number of aromatic nitrogens is 1. The van der Waals surface area contributed by atoms with Gasteiger partial charge in [-0.1, -0.05) is 30.3 Å². The molecule has 9 nitrogen and oxygen atoms in total. The largest absolute Gasteiger partial charge is 0.445 e. The summed E-state index contributed by atoms with van der Waals surface area (Å²) in [6, 6.07) is 11.5. The van der Waals surface area contributed by atoms with E-state index in [-0.39, 0.29) is 24.5 Å². The highest BCUT2D eigenvalue weighted by molar-refractivity contribution is 5.67. The molecule has 1 heterocycles. The summed E-state index contributed by atoms with van der Waals surface area (Å²) >= 11 is 0. The molecule has 9 heteroatoms. The molecule has 0 bridgehead atoms. The molecule has 132 valence electrons. The van der Waals surface area contributed by atoms with Crippen molar-refractivity contribution in [2.75, 3.05) is 6.54 Å². The van der Waals surface area contributed by atoms with Crippen molar-refractivity contribution >= 4 is 11.9 Å². The Morgan fingerprint density at radius 3 is 2.56 bits per heavy atom. The minimum absolute atomic E-state index is 0.0809. The Kier molecular flexibility index (Phi) is 6.38. The molecular weight excluding hydrogens is 330 g/mol. The van der Waals surface area contributed by atoms with Gasteiger partial charge in [-0.05, 0) is 21.5 Å². The number of aliphatic hydroxyl groups is 2. The van der Waals surface area contributed by atoms with E-state index in [1.807, 2.05) is 18.2 Å². The van der Waals surface area contributed by atoms with E-state index in [1.165, 1.54) is 6.07 Å². The number of nitro groups is 1. The van der Waals surface area contributed by atoms with Crippen LogP contribution < -0.4 is 5.32 Å². The highest BCUT2D eigenvalue weighted by atomic mass is 16.6. The highest BCUT2D eigenvalue weighted by Gasteiger charge is 2.21. The number of hydrogen-bond acceptors (Lipinski definition) is 7. The normalized spacial score (nSPS) is 12.9. The zero-order chi connectivity index (χ0) is 18.2. The average Bonchev–Trinajstić information content (AvgIpc) is 2.64. The fraction of sp³-hybridized carbons (Fsp3) is 0.250. The molecule has 2 atom stereocenters. The molecule has 25 heavy (non-hydrogen) atoms. The minimum Gasteiger partial charge on any atom is -0.445 e. The number of pyridine rings is 1. The molecular formula is C16H17N3O6. The summed E-state index contributed by atoms with van der Waals surface area (Å²) in [5, 5.41) is 32.7. The maximum Gasteiger partial charge on any atom is 0.407 e. The molecule has 0 aliphatic carbocycles. The number of benzene rings is 1. The summed E-state index contributed by atoms with van der Waals surface area (Å²) in [4.78, 5) is 25.0. The smallest absolute Gasteiger partial charge is 0.407 e. The number of nitrogens with one attached hydrogen (secondary N) is 1. The summed E-state index contributed by atoms with van der Waals surface area (Å²) in [6.07, 6.45) is -2.33. The maximum atomic E-state index is 11.6. The molecule has 2 rings (SSSR count). The number of aliphatic hydroxyl groups excluding tert-OH is 2. The van der Waals surface area contributed by atoms with E-state index in [9.17, 15) is 25.1 Å². The summed E-state index contributed by atoms with van der Waals surface area (Å²) in [6.45, 7) is -0.177. The molecule has 0 radical (unpaired) electrons. The van der Waals surface area contributed by atoms with Gasteiger partial charge >= 0.3 is 11.9 Å². The molecule has 0 saturated carbocycles. The summed E-state index contributed by atoms with van der Waals surface area (Å²) in [5.41, 5.74) is 1.01. The van der Waals surface area contributed by atoms with Crippen molar-refractivity contribution < 1.29 is 24.7 Å². The van der Waals surface area contributed by atoms with Crippen LogP contribution in [0.5, 0.6) is 0 Å². The van der Waals surface area contributed by atoms with E-state index in [4.69, 9.17) is 4.74 Å². The molecule has 3 N–H and O–H groups in total. The van der Waals surface area contributed by atoms with Crippen LogP contribution in [0.15, 0.2) is 48.7 Å². The number of ether oxygens (including phenoxy) is 1. The Morgan fingerprint density at radius 1 is 1.24 bits per heavy atom. The fourth-order valence-electron chi connectivity index (χ4n) is 1.98. The Morgan fingerprint density at radius 2 is 1.96 bits per heavy atom. The lowest BCUT2D eigenvalue weighted by molar-refractivity contribution is -0.389. The quantitative estimate of drug-likeness (QED) is 0.507. The zero-order valence-corrected chi connectivity index (χ0v) is 13.1. The van der Waals surface area contributed by atoms with E-state index in [1.54, 1.807) is 12.1 Å². The molecule has 1 amide bonds. The van der Waals surface area contributed by atoms with Gasteiger partial charge in [-0.25, -0.2) is 4.79 Å². The van der Waals surface area contributed by atoms with Crippen molar-refractivity contribution in [1.29, 1.82) is 0 Å². The average molecular weight is 347 g/mol. The van der Waals surface area contributed by atoms with Crippen molar-refractivity contribution in [2.45, 2.75) is 18.8 Å². The number of carbonyl (C=O) groups excluding carboxylic acids is 1. The van der Waals surface area contributed by atoms with E-state index < -0.39 is 23.2 Å². The Balaban J connectivity index is 1.79. The van der Waals surface area contributed by atoms with Gasteiger partial charge < -0.3 is 30.4 Å². The highest BCUT2D eigenvalue weighted by Crippen LogP contribution is 2.18. The monoisotopic (exact) mass is 347 g/mol. The van der Waals surface area contributed by atoms with Crippen molar-refractivity contribution in [1.82, 2.24) is 10.3 Å². The van der Waals surface area contributed by atoms with Gasteiger partial charge in [-0.2, -0.15) is 0 Å². The Labute approximate surface area is 143 Å². The molecule has 2 unspecified atom stereocenters. The fourth-order valence-corrected chi connectivity index (χ4v) is 1.98. The van der Waals surface area contributed by atoms with Crippen LogP contribution in [0.3, 0.4) is 0 Å². The maximum absolute atomic E-state index is 11.6. The molecule has 1 aromatic carbocycles. The van der Waals surface area contributed by atoms with Gasteiger partial charge in [0.05, 0.1) is 0 Å².